The molecule has 0 atom stereocenters. The van der Waals surface area contributed by atoms with E-state index in [9.17, 15) is 4.79 Å². The van der Waals surface area contributed by atoms with Gasteiger partial charge in [-0.2, -0.15) is 4.98 Å². The molecular weight excluding hydrogens is 378 g/mol. The molecule has 1 aliphatic heterocycles. The molecule has 3 heterocycles. The van der Waals surface area contributed by atoms with Crippen LogP contribution in [0.2, 0.25) is 0 Å². The van der Waals surface area contributed by atoms with E-state index in [0.29, 0.717) is 11.4 Å². The minimum Gasteiger partial charge on any atom is -0.348 e. The van der Waals surface area contributed by atoms with Crippen molar-refractivity contribution in [2.75, 3.05) is 29.1 Å². The quantitative estimate of drug-likeness (QED) is 0.516. The molecule has 2 aromatic heterocycles. The Kier molecular flexibility index (Phi) is 5.27. The van der Waals surface area contributed by atoms with Crippen LogP contribution in [0.5, 0.6) is 0 Å². The molecule has 1 aliphatic rings. The number of carbonyl (C=O) groups excluding carboxylic acids is 1. The van der Waals surface area contributed by atoms with Gasteiger partial charge < -0.3 is 10.2 Å². The number of nitrogens with zero attached hydrogens (tertiary/aromatic N) is 4. The van der Waals surface area contributed by atoms with E-state index < -0.39 is 0 Å². The average Bonchev–Trinajstić information content (AvgIpc) is 3.32. The molecule has 0 spiro atoms. The number of thiazole rings is 1. The third-order valence-corrected chi connectivity index (χ3v) is 6.89. The fourth-order valence-electron chi connectivity index (χ4n) is 3.02. The standard InChI is InChI=1S/C19H21N5OS2/c1-12-5-6-14(9-13(12)2)22-15(25)10-26-18-16-17(20-11-21-18)23-19(27-16)24-7-3-4-8-24/h5-6,9,11H,3-4,7-8,10H2,1-2H3,(H,22,25). The number of fused-ring (bicyclic) bond motifs is 1. The van der Waals surface area contributed by atoms with Crippen LogP contribution in [0.25, 0.3) is 10.3 Å². The summed E-state index contributed by atoms with van der Waals surface area (Å²) in [6, 6.07) is 5.94. The normalized spacial score (nSPS) is 14.1. The Hall–Kier alpha value is -2.19. The first-order chi connectivity index (χ1) is 13.1. The van der Waals surface area contributed by atoms with Crippen LogP contribution in [0.4, 0.5) is 10.8 Å². The summed E-state index contributed by atoms with van der Waals surface area (Å²) in [6.07, 6.45) is 3.95. The minimum atomic E-state index is -0.0423. The van der Waals surface area contributed by atoms with Crippen LogP contribution in [0.3, 0.4) is 0 Å². The summed E-state index contributed by atoms with van der Waals surface area (Å²) in [5, 5.41) is 4.78. The van der Waals surface area contributed by atoms with Crippen LogP contribution >= 0.6 is 23.1 Å². The first-order valence-electron chi connectivity index (χ1n) is 8.96. The van der Waals surface area contributed by atoms with Crippen LogP contribution in [-0.4, -0.2) is 39.7 Å². The lowest BCUT2D eigenvalue weighted by Crippen LogP contribution is -2.16. The van der Waals surface area contributed by atoms with Crippen LogP contribution in [-0.2, 0) is 4.79 Å². The van der Waals surface area contributed by atoms with Crippen LogP contribution in [0, 0.1) is 13.8 Å². The highest BCUT2D eigenvalue weighted by atomic mass is 32.2. The van der Waals surface area contributed by atoms with Crippen molar-refractivity contribution < 1.29 is 4.79 Å². The van der Waals surface area contributed by atoms with Gasteiger partial charge in [0, 0.05) is 18.8 Å². The molecule has 0 bridgehead atoms. The molecule has 0 aliphatic carbocycles. The van der Waals surface area contributed by atoms with Crippen LogP contribution in [0.15, 0.2) is 29.6 Å². The number of carbonyl (C=O) groups is 1. The lowest BCUT2D eigenvalue weighted by molar-refractivity contribution is -0.113. The van der Waals surface area contributed by atoms with E-state index in [1.54, 1.807) is 11.3 Å². The Morgan fingerprint density at radius 3 is 2.81 bits per heavy atom. The Balaban J connectivity index is 1.44. The first kappa shape index (κ1) is 18.2. The van der Waals surface area contributed by atoms with Gasteiger partial charge in [0.05, 0.1) is 5.75 Å². The van der Waals surface area contributed by atoms with Crippen molar-refractivity contribution in [1.29, 1.82) is 0 Å². The molecule has 27 heavy (non-hydrogen) atoms. The van der Waals surface area contributed by atoms with Crippen molar-refractivity contribution in [1.82, 2.24) is 15.0 Å². The van der Waals surface area contributed by atoms with E-state index >= 15 is 0 Å². The maximum atomic E-state index is 12.3. The molecule has 6 nitrogen and oxygen atoms in total. The molecule has 1 N–H and O–H groups in total. The van der Waals surface area contributed by atoms with Gasteiger partial charge in [0.15, 0.2) is 10.8 Å². The van der Waals surface area contributed by atoms with Crippen molar-refractivity contribution in [3.8, 4) is 0 Å². The molecule has 4 rings (SSSR count). The van der Waals surface area contributed by atoms with Gasteiger partial charge in [0.1, 0.15) is 16.1 Å². The fourth-order valence-corrected chi connectivity index (χ4v) is 4.96. The molecule has 0 saturated carbocycles. The second-order valence-electron chi connectivity index (χ2n) is 6.66. The van der Waals surface area contributed by atoms with Crippen molar-refractivity contribution in [3.63, 3.8) is 0 Å². The van der Waals surface area contributed by atoms with Crippen LogP contribution in [0.1, 0.15) is 24.0 Å². The third kappa shape index (κ3) is 4.06. The van der Waals surface area contributed by atoms with Gasteiger partial charge in [0.2, 0.25) is 5.91 Å². The number of benzene rings is 1. The number of aryl methyl sites for hydroxylation is 2. The number of rotatable bonds is 5. The summed E-state index contributed by atoms with van der Waals surface area (Å²) in [5.41, 5.74) is 3.92. The number of nitrogens with one attached hydrogen (secondary N) is 1. The fraction of sp³-hybridized carbons (Fsp3) is 0.368. The van der Waals surface area contributed by atoms with E-state index in [4.69, 9.17) is 0 Å². The average molecular weight is 400 g/mol. The smallest absolute Gasteiger partial charge is 0.234 e. The summed E-state index contributed by atoms with van der Waals surface area (Å²) in [6.45, 7) is 6.20. The Morgan fingerprint density at radius 1 is 1.22 bits per heavy atom. The molecule has 0 radical (unpaired) electrons. The summed E-state index contributed by atoms with van der Waals surface area (Å²) in [5.74, 6) is 0.259. The van der Waals surface area contributed by atoms with Gasteiger partial charge in [-0.1, -0.05) is 29.2 Å². The molecule has 8 heteroatoms. The molecule has 1 amide bonds. The summed E-state index contributed by atoms with van der Waals surface area (Å²) < 4.78 is 0.961. The predicted molar refractivity (Wildman–Crippen MR) is 112 cm³/mol. The number of anilines is 2. The second kappa shape index (κ2) is 7.82. The zero-order valence-corrected chi connectivity index (χ0v) is 17.0. The van der Waals surface area contributed by atoms with E-state index in [1.165, 1.54) is 36.5 Å². The number of thioether (sulfide) groups is 1. The number of amides is 1. The number of hydrogen-bond acceptors (Lipinski definition) is 7. The van der Waals surface area contributed by atoms with Crippen LogP contribution < -0.4 is 10.2 Å². The van der Waals surface area contributed by atoms with Crippen molar-refractivity contribution in [2.45, 2.75) is 31.7 Å². The Morgan fingerprint density at radius 2 is 2.04 bits per heavy atom. The van der Waals surface area contributed by atoms with E-state index in [-0.39, 0.29) is 5.91 Å². The van der Waals surface area contributed by atoms with Gasteiger partial charge in [0.25, 0.3) is 0 Å². The predicted octanol–water partition coefficient (Wildman–Crippen LogP) is 4.03. The van der Waals surface area contributed by atoms with Crippen molar-refractivity contribution in [3.05, 3.63) is 35.7 Å². The SMILES string of the molecule is Cc1ccc(NC(=O)CSc2ncnc3nc(N4CCCC4)sc23)cc1C. The maximum Gasteiger partial charge on any atom is 0.234 e. The van der Waals surface area contributed by atoms with Gasteiger partial charge >= 0.3 is 0 Å². The Bertz CT molecular complexity index is 981. The topological polar surface area (TPSA) is 71.0 Å². The lowest BCUT2D eigenvalue weighted by atomic mass is 10.1. The summed E-state index contributed by atoms with van der Waals surface area (Å²) in [7, 11) is 0. The molecule has 140 valence electrons. The van der Waals surface area contributed by atoms with E-state index in [0.717, 1.165) is 39.2 Å². The summed E-state index contributed by atoms with van der Waals surface area (Å²) >= 11 is 3.05. The molecule has 1 fully saturated rings. The molecule has 3 aromatic rings. The zero-order chi connectivity index (χ0) is 18.8. The third-order valence-electron chi connectivity index (χ3n) is 4.65. The molecular formula is C19H21N5OS2. The van der Waals surface area contributed by atoms with Gasteiger partial charge in [-0.15, -0.1) is 0 Å². The van der Waals surface area contributed by atoms with Gasteiger partial charge in [-0.25, -0.2) is 9.97 Å². The number of aromatic nitrogens is 3. The molecule has 0 unspecified atom stereocenters. The van der Waals surface area contributed by atoms with E-state index in [2.05, 4.69) is 32.1 Å². The molecule has 1 saturated heterocycles. The minimum absolute atomic E-state index is 0.0423. The maximum absolute atomic E-state index is 12.3. The molecule has 1 aromatic carbocycles. The highest BCUT2D eigenvalue weighted by Crippen LogP contribution is 2.34. The number of hydrogen-bond donors (Lipinski definition) is 1. The summed E-state index contributed by atoms with van der Waals surface area (Å²) in [4.78, 5) is 28.0. The Labute approximate surface area is 166 Å². The zero-order valence-electron chi connectivity index (χ0n) is 15.4. The van der Waals surface area contributed by atoms with Crippen molar-refractivity contribution in [2.24, 2.45) is 0 Å². The second-order valence-corrected chi connectivity index (χ2v) is 8.60. The monoisotopic (exact) mass is 399 g/mol. The first-order valence-corrected chi connectivity index (χ1v) is 10.8. The lowest BCUT2D eigenvalue weighted by Gasteiger charge is -2.11. The van der Waals surface area contributed by atoms with E-state index in [1.807, 2.05) is 25.1 Å². The van der Waals surface area contributed by atoms with Crippen molar-refractivity contribution >= 4 is 50.2 Å². The van der Waals surface area contributed by atoms with Gasteiger partial charge in [-0.3, -0.25) is 4.79 Å². The highest BCUT2D eigenvalue weighted by Gasteiger charge is 2.19. The van der Waals surface area contributed by atoms with Gasteiger partial charge in [-0.05, 0) is 49.9 Å². The highest BCUT2D eigenvalue weighted by molar-refractivity contribution is 8.00. The largest absolute Gasteiger partial charge is 0.348 e.